The highest BCUT2D eigenvalue weighted by Gasteiger charge is 1.96. The Hall–Kier alpha value is -1.56. The Bertz CT molecular complexity index is 303. The lowest BCUT2D eigenvalue weighted by atomic mass is 10.0. The summed E-state index contributed by atoms with van der Waals surface area (Å²) in [5.41, 5.74) is 0. The van der Waals surface area contributed by atoms with Gasteiger partial charge in [0.25, 0.3) is 0 Å². The van der Waals surface area contributed by atoms with Crippen LogP contribution in [0.2, 0.25) is 0 Å². The van der Waals surface area contributed by atoms with Crippen LogP contribution >= 0.6 is 0 Å². The molecule has 2 aromatic carbocycles. The zero-order chi connectivity index (χ0) is 17.0. The van der Waals surface area contributed by atoms with Crippen molar-refractivity contribution in [2.75, 3.05) is 0 Å². The Labute approximate surface area is 153 Å². The zero-order valence-electron chi connectivity index (χ0n) is 15.4. The first-order chi connectivity index (χ1) is 12.0. The molecule has 0 spiro atoms. The lowest BCUT2D eigenvalue weighted by Crippen LogP contribution is -1.85. The molecule has 2 fully saturated rings. The molecular formula is C24H40. The van der Waals surface area contributed by atoms with Gasteiger partial charge in [-0.05, 0) is 0 Å². The molecular weight excluding hydrogens is 288 g/mol. The number of benzene rings is 2. The molecule has 0 saturated heterocycles. The van der Waals surface area contributed by atoms with E-state index >= 15 is 0 Å². The van der Waals surface area contributed by atoms with Gasteiger partial charge in [-0.25, -0.2) is 0 Å². The molecule has 4 rings (SSSR count). The predicted molar refractivity (Wildman–Crippen MR) is 113 cm³/mol. The molecule has 2 saturated carbocycles. The summed E-state index contributed by atoms with van der Waals surface area (Å²) in [5, 5.41) is 0. The van der Waals surface area contributed by atoms with E-state index in [0.29, 0.717) is 0 Å². The van der Waals surface area contributed by atoms with Crippen LogP contribution in [0.5, 0.6) is 0 Å². The maximum absolute atomic E-state index is 2.00. The van der Waals surface area contributed by atoms with E-state index in [4.69, 9.17) is 0 Å². The van der Waals surface area contributed by atoms with Gasteiger partial charge in [-0.2, -0.15) is 0 Å². The molecule has 0 aromatic heterocycles. The van der Waals surface area contributed by atoms with Crippen LogP contribution in [0, 0.1) is 0 Å². The predicted octanol–water partition coefficient (Wildman–Crippen LogP) is 8.55. The molecule has 0 N–H and O–H groups in total. The summed E-state index contributed by atoms with van der Waals surface area (Å²) in [6, 6.07) is 24.0. The van der Waals surface area contributed by atoms with Crippen LogP contribution in [0.3, 0.4) is 0 Å². The van der Waals surface area contributed by atoms with Crippen molar-refractivity contribution in [3.05, 3.63) is 72.8 Å². The van der Waals surface area contributed by atoms with Crippen LogP contribution in [0.15, 0.2) is 72.8 Å². The fraction of sp³-hybridized carbons (Fsp3) is 0.500. The third kappa shape index (κ3) is 15.3. The second kappa shape index (κ2) is 17.8. The smallest absolute Gasteiger partial charge is 0 e. The van der Waals surface area contributed by atoms with Crippen molar-refractivity contribution in [2.24, 2.45) is 0 Å². The normalized spacial score (nSPS) is 16.0. The van der Waals surface area contributed by atoms with Crippen molar-refractivity contribution in [2.45, 2.75) is 77.0 Å². The highest BCUT2D eigenvalue weighted by atomic mass is 14.0. The fourth-order valence-corrected chi connectivity index (χ4v) is 2.89. The van der Waals surface area contributed by atoms with Crippen molar-refractivity contribution in [1.29, 1.82) is 0 Å². The van der Waals surface area contributed by atoms with Gasteiger partial charge < -0.3 is 0 Å². The highest BCUT2D eigenvalue weighted by molar-refractivity contribution is 4.99. The van der Waals surface area contributed by atoms with E-state index in [1.807, 2.05) is 72.8 Å². The summed E-state index contributed by atoms with van der Waals surface area (Å²) in [4.78, 5) is 0. The van der Waals surface area contributed by atoms with Crippen molar-refractivity contribution in [3.8, 4) is 0 Å². The summed E-state index contributed by atoms with van der Waals surface area (Å²) in [5.74, 6) is 0. The van der Waals surface area contributed by atoms with Crippen LogP contribution in [-0.2, 0) is 0 Å². The summed E-state index contributed by atoms with van der Waals surface area (Å²) in [6.07, 6.45) is 18.0. The van der Waals surface area contributed by atoms with E-state index in [9.17, 15) is 0 Å². The summed E-state index contributed by atoms with van der Waals surface area (Å²) in [6.45, 7) is 0. The van der Waals surface area contributed by atoms with Crippen molar-refractivity contribution in [3.63, 3.8) is 0 Å². The second-order valence-corrected chi connectivity index (χ2v) is 6.55. The monoisotopic (exact) mass is 328 g/mol. The van der Waals surface area contributed by atoms with Crippen LogP contribution in [0.25, 0.3) is 0 Å². The van der Waals surface area contributed by atoms with Gasteiger partial charge in [-0.1, -0.05) is 150 Å². The molecule has 0 unspecified atom stereocenters. The zero-order valence-corrected chi connectivity index (χ0v) is 15.4. The molecule has 0 radical (unpaired) electrons. The van der Waals surface area contributed by atoms with Crippen LogP contribution < -0.4 is 0 Å². The Morgan fingerprint density at radius 3 is 0.375 bits per heavy atom. The first-order valence-corrected chi connectivity index (χ1v) is 10.00. The molecule has 2 aliphatic rings. The SMILES string of the molecule is C1CCCCC1.C1CCCCC1.[HH].[HH].c1ccccc1.c1ccccc1. The maximum atomic E-state index is 2.00. The molecule has 2 aromatic rings. The first-order valence-electron chi connectivity index (χ1n) is 10.00. The molecule has 136 valence electrons. The number of hydrogen-bond donors (Lipinski definition) is 0. The Morgan fingerprint density at radius 1 is 0.208 bits per heavy atom. The van der Waals surface area contributed by atoms with E-state index in [2.05, 4.69) is 0 Å². The second-order valence-electron chi connectivity index (χ2n) is 6.55. The lowest BCUT2D eigenvalue weighted by molar-refractivity contribution is 0.504. The van der Waals surface area contributed by atoms with Gasteiger partial charge in [0.1, 0.15) is 0 Å². The van der Waals surface area contributed by atoms with E-state index in [-0.39, 0.29) is 2.85 Å². The van der Waals surface area contributed by atoms with E-state index in [0.717, 1.165) is 0 Å². The van der Waals surface area contributed by atoms with Gasteiger partial charge in [-0.15, -0.1) is 0 Å². The first kappa shape index (κ1) is 20.5. The third-order valence-corrected chi connectivity index (χ3v) is 4.33. The van der Waals surface area contributed by atoms with Gasteiger partial charge >= 0.3 is 0 Å². The Morgan fingerprint density at radius 2 is 0.292 bits per heavy atom. The number of hydrogen-bond acceptors (Lipinski definition) is 0. The maximum Gasteiger partial charge on any atom is 0 e. The molecule has 0 amide bonds. The highest BCUT2D eigenvalue weighted by Crippen LogP contribution is 2.15. The molecule has 2 aliphatic carbocycles. The largest absolute Gasteiger partial charge is 0.0623 e. The minimum Gasteiger partial charge on any atom is -0.0623 e. The van der Waals surface area contributed by atoms with E-state index < -0.39 is 0 Å². The molecule has 0 bridgehead atoms. The fourth-order valence-electron chi connectivity index (χ4n) is 2.89. The van der Waals surface area contributed by atoms with Gasteiger partial charge in [-0.3, -0.25) is 0 Å². The molecule has 24 heavy (non-hydrogen) atoms. The minimum atomic E-state index is 0. The van der Waals surface area contributed by atoms with Crippen molar-refractivity contribution in [1.82, 2.24) is 0 Å². The molecule has 0 atom stereocenters. The van der Waals surface area contributed by atoms with Gasteiger partial charge in [0.2, 0.25) is 0 Å². The summed E-state index contributed by atoms with van der Waals surface area (Å²) < 4.78 is 0. The third-order valence-electron chi connectivity index (χ3n) is 4.33. The van der Waals surface area contributed by atoms with E-state index in [1.165, 1.54) is 77.0 Å². The van der Waals surface area contributed by atoms with Crippen molar-refractivity contribution < 1.29 is 2.85 Å². The van der Waals surface area contributed by atoms with Gasteiger partial charge in [0.15, 0.2) is 0 Å². The Balaban J connectivity index is 0. The lowest BCUT2D eigenvalue weighted by Gasteiger charge is -2.05. The quantitative estimate of drug-likeness (QED) is 0.454. The molecule has 0 heterocycles. The Kier molecular flexibility index (Phi) is 15.2. The van der Waals surface area contributed by atoms with Crippen LogP contribution in [-0.4, -0.2) is 0 Å². The summed E-state index contributed by atoms with van der Waals surface area (Å²) in [7, 11) is 0. The molecule has 0 nitrogen and oxygen atoms in total. The standard InChI is InChI=1S/2C6H12.2C6H6.2H2/c4*1-2-4-6-5-3-1;;/h2*1-6H2;2*1-6H;2*1H. The minimum absolute atomic E-state index is 0. The number of rotatable bonds is 0. The van der Waals surface area contributed by atoms with Gasteiger partial charge in [0.05, 0.1) is 0 Å². The average molecular weight is 329 g/mol. The van der Waals surface area contributed by atoms with E-state index in [1.54, 1.807) is 0 Å². The topological polar surface area (TPSA) is 0 Å². The van der Waals surface area contributed by atoms with Crippen molar-refractivity contribution >= 4 is 0 Å². The van der Waals surface area contributed by atoms with Gasteiger partial charge in [0, 0.05) is 2.85 Å². The molecule has 0 aliphatic heterocycles. The summed E-state index contributed by atoms with van der Waals surface area (Å²) >= 11 is 0. The van der Waals surface area contributed by atoms with Crippen LogP contribution in [0.1, 0.15) is 79.9 Å². The average Bonchev–Trinajstić information content (AvgIpc) is 2.75. The molecule has 0 heteroatoms. The van der Waals surface area contributed by atoms with Crippen LogP contribution in [0.4, 0.5) is 0 Å².